The summed E-state index contributed by atoms with van der Waals surface area (Å²) in [6.45, 7) is 1.02. The number of nitrogens with two attached hydrogens (primary N) is 1. The number of primary sulfonamides is 1. The molecule has 0 fully saturated rings. The molecule has 0 spiro atoms. The number of aliphatic imine (C=N–C) groups is 1. The number of nitrogens with one attached hydrogen (secondary N) is 2. The van der Waals surface area contributed by atoms with Gasteiger partial charge in [0, 0.05) is 20.1 Å². The van der Waals surface area contributed by atoms with Crippen molar-refractivity contribution in [3.63, 3.8) is 0 Å². The number of ether oxygens (including phenoxy) is 1. The zero-order valence-corrected chi connectivity index (χ0v) is 17.7. The van der Waals surface area contributed by atoms with Gasteiger partial charge in [-0.2, -0.15) is 0 Å². The van der Waals surface area contributed by atoms with Crippen LogP contribution in [0, 0.1) is 0 Å². The molecule has 0 aliphatic rings. The first kappa shape index (κ1) is 22.2. The Labute approximate surface area is 171 Å². The van der Waals surface area contributed by atoms with Crippen molar-refractivity contribution < 1.29 is 13.2 Å². The second kappa shape index (κ2) is 10.3. The molecular weight excluding hydrogens is 467 g/mol. The highest BCUT2D eigenvalue weighted by atomic mass is 127. The SMILES string of the molecule is CN=C(NCc1ccc(OC)cc1)NCc1cccc(S(N)(=O)=O)c1.I. The normalized spacial score (nSPS) is 11.4. The van der Waals surface area contributed by atoms with E-state index in [4.69, 9.17) is 9.88 Å². The van der Waals surface area contributed by atoms with E-state index in [-0.39, 0.29) is 28.9 Å². The average molecular weight is 490 g/mol. The third-order valence-electron chi connectivity index (χ3n) is 3.53. The number of rotatable bonds is 6. The summed E-state index contributed by atoms with van der Waals surface area (Å²) < 4.78 is 27.9. The van der Waals surface area contributed by atoms with Gasteiger partial charge in [0.15, 0.2) is 5.96 Å². The molecule has 0 amide bonds. The second-order valence-electron chi connectivity index (χ2n) is 5.32. The Bertz CT molecular complexity index is 839. The standard InChI is InChI=1S/C17H22N4O3S.HI/c1-19-17(20-11-13-6-8-15(24-2)9-7-13)21-12-14-4-3-5-16(10-14)25(18,22)23;/h3-10H,11-12H2,1-2H3,(H2,18,22,23)(H2,19,20,21);1H. The van der Waals surface area contributed by atoms with E-state index in [2.05, 4.69) is 15.6 Å². The van der Waals surface area contributed by atoms with Gasteiger partial charge in [-0.15, -0.1) is 24.0 Å². The topological polar surface area (TPSA) is 106 Å². The number of nitrogens with zero attached hydrogens (tertiary/aromatic N) is 1. The summed E-state index contributed by atoms with van der Waals surface area (Å²) in [5.41, 5.74) is 1.87. The van der Waals surface area contributed by atoms with E-state index in [9.17, 15) is 8.42 Å². The Morgan fingerprint density at radius 2 is 1.69 bits per heavy atom. The van der Waals surface area contributed by atoms with E-state index in [0.717, 1.165) is 16.9 Å². The first-order valence-electron chi connectivity index (χ1n) is 7.61. The van der Waals surface area contributed by atoms with Gasteiger partial charge in [-0.3, -0.25) is 4.99 Å². The largest absolute Gasteiger partial charge is 0.497 e. The molecule has 0 atom stereocenters. The van der Waals surface area contributed by atoms with Crippen molar-refractivity contribution in [1.82, 2.24) is 10.6 Å². The van der Waals surface area contributed by atoms with Gasteiger partial charge >= 0.3 is 0 Å². The molecule has 0 unspecified atom stereocenters. The van der Waals surface area contributed by atoms with Crippen molar-refractivity contribution in [2.24, 2.45) is 10.1 Å². The molecule has 0 radical (unpaired) electrons. The summed E-state index contributed by atoms with van der Waals surface area (Å²) in [4.78, 5) is 4.24. The summed E-state index contributed by atoms with van der Waals surface area (Å²) in [5.74, 6) is 1.41. The fraction of sp³-hybridized carbons (Fsp3) is 0.235. The van der Waals surface area contributed by atoms with Gasteiger partial charge < -0.3 is 15.4 Å². The zero-order valence-electron chi connectivity index (χ0n) is 14.6. The summed E-state index contributed by atoms with van der Waals surface area (Å²) in [7, 11) is -0.406. The fourth-order valence-corrected chi connectivity index (χ4v) is 2.75. The van der Waals surface area contributed by atoms with Crippen LogP contribution in [-0.2, 0) is 23.1 Å². The first-order chi connectivity index (χ1) is 11.9. The third kappa shape index (κ3) is 6.81. The number of methoxy groups -OCH3 is 1. The number of sulfonamides is 1. The Hall–Kier alpha value is -1.85. The maximum atomic E-state index is 11.4. The van der Waals surface area contributed by atoms with Gasteiger partial charge in [0.2, 0.25) is 10.0 Å². The van der Waals surface area contributed by atoms with Crippen molar-refractivity contribution >= 4 is 40.0 Å². The van der Waals surface area contributed by atoms with Crippen molar-refractivity contribution in [3.05, 3.63) is 59.7 Å². The van der Waals surface area contributed by atoms with Crippen LogP contribution in [0.2, 0.25) is 0 Å². The molecule has 0 bridgehead atoms. The van der Waals surface area contributed by atoms with E-state index in [1.54, 1.807) is 26.3 Å². The molecule has 2 aromatic carbocycles. The van der Waals surface area contributed by atoms with Crippen LogP contribution in [0.3, 0.4) is 0 Å². The highest BCUT2D eigenvalue weighted by Crippen LogP contribution is 2.11. The monoisotopic (exact) mass is 490 g/mol. The van der Waals surface area contributed by atoms with E-state index in [0.29, 0.717) is 19.0 Å². The van der Waals surface area contributed by atoms with Gasteiger partial charge in [-0.1, -0.05) is 24.3 Å². The predicted molar refractivity (Wildman–Crippen MR) is 113 cm³/mol. The Balaban J connectivity index is 0.00000338. The fourth-order valence-electron chi connectivity index (χ4n) is 2.17. The van der Waals surface area contributed by atoms with Crippen molar-refractivity contribution in [3.8, 4) is 5.75 Å². The smallest absolute Gasteiger partial charge is 0.238 e. The summed E-state index contributed by atoms with van der Waals surface area (Å²) >= 11 is 0. The molecule has 2 rings (SSSR count). The van der Waals surface area contributed by atoms with Gasteiger partial charge in [0.05, 0.1) is 12.0 Å². The lowest BCUT2D eigenvalue weighted by atomic mass is 10.2. The quantitative estimate of drug-likeness (QED) is 0.326. The lowest BCUT2D eigenvalue weighted by Gasteiger charge is -2.12. The van der Waals surface area contributed by atoms with Gasteiger partial charge in [0.25, 0.3) is 0 Å². The van der Waals surface area contributed by atoms with Crippen LogP contribution in [0.15, 0.2) is 58.4 Å². The number of benzene rings is 2. The summed E-state index contributed by atoms with van der Waals surface area (Å²) in [6, 6.07) is 14.2. The van der Waals surface area contributed by atoms with E-state index < -0.39 is 10.0 Å². The van der Waals surface area contributed by atoms with Gasteiger partial charge in [0.1, 0.15) is 5.75 Å². The highest BCUT2D eigenvalue weighted by molar-refractivity contribution is 14.0. The minimum atomic E-state index is -3.71. The molecular formula is C17H23IN4O3S. The van der Waals surface area contributed by atoms with Gasteiger partial charge in [-0.05, 0) is 35.4 Å². The molecule has 2 aromatic rings. The molecule has 4 N–H and O–H groups in total. The van der Waals surface area contributed by atoms with Crippen LogP contribution >= 0.6 is 24.0 Å². The van der Waals surface area contributed by atoms with Crippen LogP contribution in [0.25, 0.3) is 0 Å². The maximum Gasteiger partial charge on any atom is 0.238 e. The maximum absolute atomic E-state index is 11.4. The van der Waals surface area contributed by atoms with Crippen LogP contribution in [0.1, 0.15) is 11.1 Å². The Morgan fingerprint density at radius 1 is 1.08 bits per heavy atom. The molecule has 0 aromatic heterocycles. The second-order valence-corrected chi connectivity index (χ2v) is 6.88. The lowest BCUT2D eigenvalue weighted by molar-refractivity contribution is 0.414. The molecule has 9 heteroatoms. The van der Waals surface area contributed by atoms with Crippen molar-refractivity contribution in [1.29, 1.82) is 0 Å². The van der Waals surface area contributed by atoms with Crippen molar-refractivity contribution in [2.45, 2.75) is 18.0 Å². The van der Waals surface area contributed by atoms with Crippen LogP contribution in [-0.4, -0.2) is 28.5 Å². The number of halogens is 1. The van der Waals surface area contributed by atoms with Crippen LogP contribution in [0.5, 0.6) is 5.75 Å². The lowest BCUT2D eigenvalue weighted by Crippen LogP contribution is -2.36. The predicted octanol–water partition coefficient (Wildman–Crippen LogP) is 1.83. The molecule has 26 heavy (non-hydrogen) atoms. The third-order valence-corrected chi connectivity index (χ3v) is 4.44. The van der Waals surface area contributed by atoms with E-state index in [1.165, 1.54) is 6.07 Å². The highest BCUT2D eigenvalue weighted by Gasteiger charge is 2.08. The Morgan fingerprint density at radius 3 is 2.23 bits per heavy atom. The van der Waals surface area contributed by atoms with Crippen LogP contribution in [0.4, 0.5) is 0 Å². The average Bonchev–Trinajstić information content (AvgIpc) is 2.62. The summed E-state index contributed by atoms with van der Waals surface area (Å²) in [6.07, 6.45) is 0. The zero-order chi connectivity index (χ0) is 18.3. The molecule has 0 aliphatic heterocycles. The minimum Gasteiger partial charge on any atom is -0.497 e. The van der Waals surface area contributed by atoms with Crippen molar-refractivity contribution in [2.75, 3.05) is 14.2 Å². The minimum absolute atomic E-state index is 0. The number of guanidine groups is 1. The molecule has 0 saturated heterocycles. The van der Waals surface area contributed by atoms with E-state index >= 15 is 0 Å². The van der Waals surface area contributed by atoms with Gasteiger partial charge in [-0.25, -0.2) is 13.6 Å². The number of hydrogen-bond acceptors (Lipinski definition) is 4. The molecule has 142 valence electrons. The first-order valence-corrected chi connectivity index (χ1v) is 9.16. The van der Waals surface area contributed by atoms with Crippen LogP contribution < -0.4 is 20.5 Å². The molecule has 7 nitrogen and oxygen atoms in total. The molecule has 0 heterocycles. The van der Waals surface area contributed by atoms with E-state index in [1.807, 2.05) is 30.3 Å². The Kier molecular flexibility index (Phi) is 8.82. The number of hydrogen-bond donors (Lipinski definition) is 3. The summed E-state index contributed by atoms with van der Waals surface area (Å²) in [5, 5.41) is 11.5. The molecule has 0 saturated carbocycles. The molecule has 0 aliphatic carbocycles.